The van der Waals surface area contributed by atoms with Crippen molar-refractivity contribution < 1.29 is 19.1 Å². The van der Waals surface area contributed by atoms with Crippen LogP contribution in [0.5, 0.6) is 0 Å². The maximum absolute atomic E-state index is 12.4. The van der Waals surface area contributed by atoms with Crippen LogP contribution in [0.25, 0.3) is 11.1 Å². The topological polar surface area (TPSA) is 83.6 Å². The minimum atomic E-state index is -0.842. The predicted octanol–water partition coefficient (Wildman–Crippen LogP) is 2.47. The van der Waals surface area contributed by atoms with Crippen molar-refractivity contribution in [3.63, 3.8) is 0 Å². The largest absolute Gasteiger partial charge is 0.481 e. The van der Waals surface area contributed by atoms with Crippen LogP contribution < -0.4 is 0 Å². The summed E-state index contributed by atoms with van der Waals surface area (Å²) >= 11 is 0. The number of para-hydroxylation sites is 2. The van der Waals surface area contributed by atoms with E-state index in [1.165, 1.54) is 0 Å². The first-order valence-electron chi connectivity index (χ1n) is 7.83. The van der Waals surface area contributed by atoms with Gasteiger partial charge < -0.3 is 14.4 Å². The van der Waals surface area contributed by atoms with Gasteiger partial charge in [0.05, 0.1) is 5.41 Å². The number of aliphatic carboxylic acids is 1. The molecule has 0 aliphatic carbocycles. The van der Waals surface area contributed by atoms with Crippen molar-refractivity contribution in [1.82, 2.24) is 9.88 Å². The molecule has 6 nitrogen and oxygen atoms in total. The predicted molar refractivity (Wildman–Crippen MR) is 83.9 cm³/mol. The van der Waals surface area contributed by atoms with Gasteiger partial charge in [0.15, 0.2) is 11.5 Å². The SMILES string of the molecule is CC1(C(=O)O)CCCN(C(=O)CCc2nc3ccccc3o2)C1. The van der Waals surface area contributed by atoms with Gasteiger partial charge in [-0.05, 0) is 31.9 Å². The lowest BCUT2D eigenvalue weighted by atomic mass is 9.82. The molecule has 1 saturated heterocycles. The van der Waals surface area contributed by atoms with Crippen LogP contribution in [-0.4, -0.2) is 40.0 Å². The number of piperidine rings is 1. The zero-order chi connectivity index (χ0) is 16.4. The molecule has 1 aliphatic heterocycles. The molecule has 6 heteroatoms. The van der Waals surface area contributed by atoms with Gasteiger partial charge in [-0.25, -0.2) is 4.98 Å². The van der Waals surface area contributed by atoms with Gasteiger partial charge in [0.2, 0.25) is 5.91 Å². The maximum atomic E-state index is 12.4. The van der Waals surface area contributed by atoms with Gasteiger partial charge in [0.1, 0.15) is 5.52 Å². The van der Waals surface area contributed by atoms with Crippen molar-refractivity contribution in [3.8, 4) is 0 Å². The van der Waals surface area contributed by atoms with E-state index in [0.29, 0.717) is 30.9 Å². The second-order valence-corrected chi connectivity index (χ2v) is 6.36. The number of benzene rings is 1. The number of hydrogen-bond acceptors (Lipinski definition) is 4. The lowest BCUT2D eigenvalue weighted by molar-refractivity contribution is -0.153. The second kappa shape index (κ2) is 6.02. The summed E-state index contributed by atoms with van der Waals surface area (Å²) in [7, 11) is 0. The van der Waals surface area contributed by atoms with Crippen molar-refractivity contribution in [2.75, 3.05) is 13.1 Å². The second-order valence-electron chi connectivity index (χ2n) is 6.36. The molecule has 2 heterocycles. The molecule has 1 aromatic heterocycles. The third kappa shape index (κ3) is 3.21. The third-order valence-electron chi connectivity index (χ3n) is 4.46. The van der Waals surface area contributed by atoms with Crippen LogP contribution in [0.2, 0.25) is 0 Å². The molecule has 1 amide bonds. The maximum Gasteiger partial charge on any atom is 0.311 e. The average molecular weight is 316 g/mol. The molecule has 1 aliphatic rings. The number of aryl methyl sites for hydroxylation is 1. The Balaban J connectivity index is 1.61. The molecule has 1 aromatic carbocycles. The van der Waals surface area contributed by atoms with Crippen LogP contribution in [0.15, 0.2) is 28.7 Å². The first-order valence-corrected chi connectivity index (χ1v) is 7.83. The summed E-state index contributed by atoms with van der Waals surface area (Å²) in [4.78, 5) is 29.7. The van der Waals surface area contributed by atoms with Crippen molar-refractivity contribution in [2.45, 2.75) is 32.6 Å². The van der Waals surface area contributed by atoms with E-state index >= 15 is 0 Å². The van der Waals surface area contributed by atoms with Gasteiger partial charge in [-0.15, -0.1) is 0 Å². The Kier molecular flexibility index (Phi) is 4.07. The minimum Gasteiger partial charge on any atom is -0.481 e. The minimum absolute atomic E-state index is 0.0422. The lowest BCUT2D eigenvalue weighted by Crippen LogP contribution is -2.48. The van der Waals surface area contributed by atoms with E-state index in [-0.39, 0.29) is 18.9 Å². The number of carbonyl (C=O) groups is 2. The van der Waals surface area contributed by atoms with Gasteiger partial charge >= 0.3 is 5.97 Å². The number of fused-ring (bicyclic) bond motifs is 1. The molecule has 1 atom stereocenters. The molecule has 23 heavy (non-hydrogen) atoms. The van der Waals surface area contributed by atoms with Crippen LogP contribution in [0.1, 0.15) is 32.1 Å². The summed E-state index contributed by atoms with van der Waals surface area (Å²) in [6.07, 6.45) is 2.03. The highest BCUT2D eigenvalue weighted by Gasteiger charge is 2.39. The van der Waals surface area contributed by atoms with E-state index in [9.17, 15) is 14.7 Å². The van der Waals surface area contributed by atoms with Gasteiger partial charge in [-0.1, -0.05) is 12.1 Å². The Hall–Kier alpha value is -2.37. The first kappa shape index (κ1) is 15.5. The number of hydrogen-bond donors (Lipinski definition) is 1. The van der Waals surface area contributed by atoms with E-state index in [0.717, 1.165) is 11.9 Å². The van der Waals surface area contributed by atoms with Crippen LogP contribution in [-0.2, 0) is 16.0 Å². The number of likely N-dealkylation sites (tertiary alicyclic amines) is 1. The molecule has 0 spiro atoms. The van der Waals surface area contributed by atoms with Crippen LogP contribution in [0.4, 0.5) is 0 Å². The molecular weight excluding hydrogens is 296 g/mol. The van der Waals surface area contributed by atoms with Gasteiger partial charge in [0, 0.05) is 25.9 Å². The van der Waals surface area contributed by atoms with E-state index in [1.54, 1.807) is 11.8 Å². The lowest BCUT2D eigenvalue weighted by Gasteiger charge is -2.37. The molecule has 0 saturated carbocycles. The molecular formula is C17H20N2O4. The van der Waals surface area contributed by atoms with E-state index in [2.05, 4.69) is 4.98 Å². The molecule has 1 fully saturated rings. The Morgan fingerprint density at radius 2 is 2.17 bits per heavy atom. The van der Waals surface area contributed by atoms with Gasteiger partial charge in [0.25, 0.3) is 0 Å². The highest BCUT2D eigenvalue weighted by Crippen LogP contribution is 2.30. The van der Waals surface area contributed by atoms with Crippen molar-refractivity contribution in [2.24, 2.45) is 5.41 Å². The number of carbonyl (C=O) groups excluding carboxylic acids is 1. The zero-order valence-electron chi connectivity index (χ0n) is 13.1. The molecule has 3 rings (SSSR count). The Morgan fingerprint density at radius 1 is 1.39 bits per heavy atom. The number of amides is 1. The fourth-order valence-electron chi connectivity index (χ4n) is 3.03. The van der Waals surface area contributed by atoms with Crippen molar-refractivity contribution in [1.29, 1.82) is 0 Å². The van der Waals surface area contributed by atoms with Gasteiger partial charge in [-0.3, -0.25) is 9.59 Å². The summed E-state index contributed by atoms with van der Waals surface area (Å²) in [5, 5.41) is 9.32. The van der Waals surface area contributed by atoms with Crippen molar-refractivity contribution in [3.05, 3.63) is 30.2 Å². The molecule has 2 aromatic rings. The number of oxazole rings is 1. The summed E-state index contributed by atoms with van der Waals surface area (Å²) in [6, 6.07) is 7.48. The van der Waals surface area contributed by atoms with Crippen LogP contribution in [0.3, 0.4) is 0 Å². The van der Waals surface area contributed by atoms with Crippen molar-refractivity contribution >= 4 is 23.0 Å². The molecule has 1 unspecified atom stereocenters. The number of aromatic nitrogens is 1. The normalized spacial score (nSPS) is 21.5. The van der Waals surface area contributed by atoms with E-state index < -0.39 is 11.4 Å². The Bertz CT molecular complexity index is 706. The van der Waals surface area contributed by atoms with Crippen LogP contribution >= 0.6 is 0 Å². The van der Waals surface area contributed by atoms with E-state index in [4.69, 9.17) is 4.42 Å². The molecule has 0 bridgehead atoms. The number of carboxylic acid groups (broad SMARTS) is 1. The molecule has 0 radical (unpaired) electrons. The smallest absolute Gasteiger partial charge is 0.311 e. The fraction of sp³-hybridized carbons (Fsp3) is 0.471. The van der Waals surface area contributed by atoms with Crippen LogP contribution in [0, 0.1) is 5.41 Å². The Morgan fingerprint density at radius 3 is 2.91 bits per heavy atom. The fourth-order valence-corrected chi connectivity index (χ4v) is 3.03. The molecule has 1 N–H and O–H groups in total. The Labute approximate surface area is 134 Å². The summed E-state index contributed by atoms with van der Waals surface area (Å²) in [5.41, 5.74) is 0.656. The number of nitrogens with zero attached hydrogens (tertiary/aromatic N) is 2. The monoisotopic (exact) mass is 316 g/mol. The molecule has 122 valence electrons. The summed E-state index contributed by atoms with van der Waals surface area (Å²) in [6.45, 7) is 2.60. The number of carboxylic acids is 1. The summed E-state index contributed by atoms with van der Waals surface area (Å²) in [5.74, 6) is -0.342. The van der Waals surface area contributed by atoms with Gasteiger partial charge in [-0.2, -0.15) is 0 Å². The number of rotatable bonds is 4. The first-order chi connectivity index (χ1) is 11.0. The average Bonchev–Trinajstić information content (AvgIpc) is 2.95. The third-order valence-corrected chi connectivity index (χ3v) is 4.46. The van der Waals surface area contributed by atoms with E-state index in [1.807, 2.05) is 24.3 Å². The quantitative estimate of drug-likeness (QED) is 0.937. The highest BCUT2D eigenvalue weighted by atomic mass is 16.4. The highest BCUT2D eigenvalue weighted by molar-refractivity contribution is 5.79. The standard InChI is InChI=1S/C17H20N2O4/c1-17(16(21)22)9-4-10-19(11-17)15(20)8-7-14-18-12-5-2-3-6-13(12)23-14/h2-3,5-6H,4,7-11H2,1H3,(H,21,22). The summed E-state index contributed by atoms with van der Waals surface area (Å²) < 4.78 is 5.61. The zero-order valence-corrected chi connectivity index (χ0v) is 13.1.